The molecule has 16 heteroatoms. The van der Waals surface area contributed by atoms with Crippen LogP contribution in [0.5, 0.6) is 0 Å². The Labute approximate surface area is 202 Å². The van der Waals surface area contributed by atoms with Crippen molar-refractivity contribution in [2.24, 2.45) is 5.16 Å². The molecule has 2 aliphatic heterocycles. The molecule has 0 saturated carbocycles. The molecule has 1 aromatic heterocycles. The van der Waals surface area contributed by atoms with E-state index in [1.807, 2.05) is 0 Å². The Kier molecular flexibility index (Phi) is 7.73. The van der Waals surface area contributed by atoms with Crippen molar-refractivity contribution in [3.05, 3.63) is 11.1 Å². The Hall–Kier alpha value is -3.95. The van der Waals surface area contributed by atoms with E-state index in [9.17, 15) is 24.0 Å². The first kappa shape index (κ1) is 25.7. The fourth-order valence-electron chi connectivity index (χ4n) is 2.99. The van der Waals surface area contributed by atoms with Crippen molar-refractivity contribution in [1.29, 1.82) is 0 Å². The zero-order valence-electron chi connectivity index (χ0n) is 19.0. The number of amides is 4. The average Bonchev–Trinajstić information content (AvgIpc) is 3.36. The molecule has 2 fully saturated rings. The van der Waals surface area contributed by atoms with Gasteiger partial charge in [-0.25, -0.2) is 19.4 Å². The van der Waals surface area contributed by atoms with Crippen LogP contribution in [0.1, 0.15) is 26.5 Å². The van der Waals surface area contributed by atoms with Crippen molar-refractivity contribution >= 4 is 52.2 Å². The van der Waals surface area contributed by atoms with Gasteiger partial charge in [0.1, 0.15) is 23.9 Å². The minimum Gasteiger partial charge on any atom is -0.479 e. The number of thiazole rings is 1. The van der Waals surface area contributed by atoms with E-state index in [2.05, 4.69) is 26.1 Å². The van der Waals surface area contributed by atoms with Gasteiger partial charge in [-0.2, -0.15) is 0 Å². The Morgan fingerprint density at radius 3 is 2.71 bits per heavy atom. The molecule has 0 bridgehead atoms. The zero-order valence-corrected chi connectivity index (χ0v) is 19.8. The van der Waals surface area contributed by atoms with Crippen molar-refractivity contribution in [2.75, 3.05) is 31.6 Å². The second-order valence-electron chi connectivity index (χ2n) is 8.40. The van der Waals surface area contributed by atoms with Crippen LogP contribution in [-0.2, 0) is 28.7 Å². The lowest BCUT2D eigenvalue weighted by Gasteiger charge is -2.38. The standard InChI is InChI=1S/C19H24N6O9S/c1-19(2,3)34-17(30)23-16-21-10(8-35-16)13(24-33-7-11(26)27)15(29)22-12-9(20-14(12)28)6-25-4-5-32-18(25)31/h8-9,12H,4-7H2,1-3H3,(H,20,28)(H,22,29)(H,26,27)(H,21,23,30)/t9-,12+/m1/s1. The number of carbonyl (C=O) groups is 5. The molecular weight excluding hydrogens is 488 g/mol. The number of anilines is 1. The number of carboxylic acids is 1. The number of ether oxygens (including phenoxy) is 2. The predicted octanol–water partition coefficient (Wildman–Crippen LogP) is -0.269. The molecular formula is C19H24N6O9S. The maximum Gasteiger partial charge on any atom is 0.413 e. The molecule has 0 spiro atoms. The van der Waals surface area contributed by atoms with Gasteiger partial charge in [-0.05, 0) is 20.8 Å². The molecule has 1 aromatic rings. The van der Waals surface area contributed by atoms with Gasteiger partial charge in [0, 0.05) is 11.9 Å². The molecule has 4 N–H and O–H groups in total. The Bertz CT molecular complexity index is 1050. The third-order valence-corrected chi connectivity index (χ3v) is 5.23. The molecule has 15 nitrogen and oxygen atoms in total. The fraction of sp³-hybridized carbons (Fsp3) is 0.526. The number of aromatic nitrogens is 1. The number of oxime groups is 1. The third kappa shape index (κ3) is 7.02. The number of rotatable bonds is 9. The number of cyclic esters (lactones) is 1. The molecule has 0 aliphatic carbocycles. The summed E-state index contributed by atoms with van der Waals surface area (Å²) < 4.78 is 10.00. The van der Waals surface area contributed by atoms with Crippen molar-refractivity contribution in [1.82, 2.24) is 20.5 Å². The van der Waals surface area contributed by atoms with Crippen molar-refractivity contribution in [3.8, 4) is 0 Å². The van der Waals surface area contributed by atoms with E-state index in [4.69, 9.17) is 19.4 Å². The topological polar surface area (TPSA) is 198 Å². The molecule has 35 heavy (non-hydrogen) atoms. The molecule has 0 aromatic carbocycles. The maximum atomic E-state index is 12.9. The van der Waals surface area contributed by atoms with Gasteiger partial charge in [0.25, 0.3) is 5.91 Å². The summed E-state index contributed by atoms with van der Waals surface area (Å²) in [6.45, 7) is 4.94. The van der Waals surface area contributed by atoms with Crippen LogP contribution in [0.3, 0.4) is 0 Å². The quantitative estimate of drug-likeness (QED) is 0.194. The van der Waals surface area contributed by atoms with E-state index >= 15 is 0 Å². The number of carboxylic acid groups (broad SMARTS) is 1. The highest BCUT2D eigenvalue weighted by atomic mass is 32.1. The maximum absolute atomic E-state index is 12.9. The smallest absolute Gasteiger partial charge is 0.413 e. The van der Waals surface area contributed by atoms with Crippen LogP contribution >= 0.6 is 11.3 Å². The Morgan fingerprint density at radius 2 is 2.11 bits per heavy atom. The largest absolute Gasteiger partial charge is 0.479 e. The number of hydrogen-bond donors (Lipinski definition) is 4. The fourth-order valence-corrected chi connectivity index (χ4v) is 3.67. The molecule has 4 amide bonds. The van der Waals surface area contributed by atoms with Crippen LogP contribution < -0.4 is 16.0 Å². The van der Waals surface area contributed by atoms with Crippen LogP contribution in [-0.4, -0.2) is 94.7 Å². The summed E-state index contributed by atoms with van der Waals surface area (Å²) in [4.78, 5) is 69.6. The number of nitrogens with zero attached hydrogens (tertiary/aromatic N) is 3. The van der Waals surface area contributed by atoms with Crippen LogP contribution in [0.4, 0.5) is 14.7 Å². The van der Waals surface area contributed by atoms with Crippen molar-refractivity contribution in [2.45, 2.75) is 38.5 Å². The first-order valence-corrected chi connectivity index (χ1v) is 11.2. The molecule has 2 aliphatic rings. The second kappa shape index (κ2) is 10.5. The van der Waals surface area contributed by atoms with Crippen molar-refractivity contribution in [3.63, 3.8) is 0 Å². The summed E-state index contributed by atoms with van der Waals surface area (Å²) in [6.07, 6.45) is -1.29. The monoisotopic (exact) mass is 512 g/mol. The molecule has 2 atom stereocenters. The summed E-state index contributed by atoms with van der Waals surface area (Å²) in [5.41, 5.74) is -1.20. The molecule has 0 unspecified atom stereocenters. The SMILES string of the molecule is CC(C)(C)OC(=O)Nc1nc(C(=NOCC(=O)O)C(=O)N[C@@H]2C(=O)N[C@@H]2CN2CCOC2=O)cs1. The number of aliphatic carboxylic acids is 1. The van der Waals surface area contributed by atoms with Gasteiger partial charge in [-0.3, -0.25) is 14.9 Å². The van der Waals surface area contributed by atoms with Gasteiger partial charge in [-0.15, -0.1) is 11.3 Å². The predicted molar refractivity (Wildman–Crippen MR) is 119 cm³/mol. The first-order valence-electron chi connectivity index (χ1n) is 10.3. The van der Waals surface area contributed by atoms with E-state index in [-0.39, 0.29) is 24.0 Å². The van der Waals surface area contributed by atoms with Crippen LogP contribution in [0.25, 0.3) is 0 Å². The number of carbonyl (C=O) groups excluding carboxylic acids is 4. The number of β-lactam (4-membered cyclic amide) rings is 1. The van der Waals surface area contributed by atoms with Gasteiger partial charge in [0.05, 0.1) is 12.6 Å². The van der Waals surface area contributed by atoms with Crippen molar-refractivity contribution < 1.29 is 43.4 Å². The lowest BCUT2D eigenvalue weighted by Crippen LogP contribution is -2.72. The summed E-state index contributed by atoms with van der Waals surface area (Å²) in [5, 5.41) is 21.3. The molecule has 190 valence electrons. The highest BCUT2D eigenvalue weighted by Gasteiger charge is 2.43. The summed E-state index contributed by atoms with van der Waals surface area (Å²) in [7, 11) is 0. The lowest BCUT2D eigenvalue weighted by molar-refractivity contribution is -0.142. The van der Waals surface area contributed by atoms with Gasteiger partial charge >= 0.3 is 18.2 Å². The second-order valence-corrected chi connectivity index (χ2v) is 9.26. The lowest BCUT2D eigenvalue weighted by atomic mass is 9.98. The van der Waals surface area contributed by atoms with Crippen LogP contribution in [0.2, 0.25) is 0 Å². The minimum absolute atomic E-state index is 0.0386. The highest BCUT2D eigenvalue weighted by molar-refractivity contribution is 7.14. The number of nitrogens with one attached hydrogen (secondary N) is 3. The third-order valence-electron chi connectivity index (χ3n) is 4.47. The Balaban J connectivity index is 1.71. The summed E-state index contributed by atoms with van der Waals surface area (Å²) in [6, 6.07) is -1.56. The molecule has 0 radical (unpaired) electrons. The van der Waals surface area contributed by atoms with Gasteiger partial charge in [-0.1, -0.05) is 5.16 Å². The summed E-state index contributed by atoms with van der Waals surface area (Å²) in [5.74, 6) is -2.68. The summed E-state index contributed by atoms with van der Waals surface area (Å²) >= 11 is 0.958. The highest BCUT2D eigenvalue weighted by Crippen LogP contribution is 2.19. The molecule has 3 heterocycles. The van der Waals surface area contributed by atoms with E-state index in [1.54, 1.807) is 20.8 Å². The first-order chi connectivity index (χ1) is 16.4. The van der Waals surface area contributed by atoms with E-state index in [1.165, 1.54) is 10.3 Å². The zero-order chi connectivity index (χ0) is 25.8. The van der Waals surface area contributed by atoms with Gasteiger partial charge in [0.15, 0.2) is 10.8 Å². The van der Waals surface area contributed by atoms with Gasteiger partial charge < -0.3 is 35.0 Å². The van der Waals surface area contributed by atoms with Gasteiger partial charge in [0.2, 0.25) is 12.5 Å². The van der Waals surface area contributed by atoms with E-state index < -0.39 is 60.0 Å². The molecule has 2 saturated heterocycles. The van der Waals surface area contributed by atoms with Crippen LogP contribution in [0.15, 0.2) is 10.5 Å². The normalized spacial score (nSPS) is 19.9. The Morgan fingerprint density at radius 1 is 1.37 bits per heavy atom. The minimum atomic E-state index is -1.32. The van der Waals surface area contributed by atoms with Crippen LogP contribution in [0, 0.1) is 0 Å². The average molecular weight is 513 g/mol. The van der Waals surface area contributed by atoms with E-state index in [0.717, 1.165) is 11.3 Å². The van der Waals surface area contributed by atoms with E-state index in [0.29, 0.717) is 6.54 Å². The number of hydrogen-bond acceptors (Lipinski definition) is 11. The molecule has 3 rings (SSSR count).